The molecule has 0 aliphatic carbocycles. The first-order chi connectivity index (χ1) is 7.02. The highest BCUT2D eigenvalue weighted by atomic mass is 79.9. The summed E-state index contributed by atoms with van der Waals surface area (Å²) in [6.45, 7) is 4.93. The van der Waals surface area contributed by atoms with Gasteiger partial charge in [0, 0.05) is 4.47 Å². The van der Waals surface area contributed by atoms with Gasteiger partial charge in [0.05, 0.1) is 0 Å². The molecule has 1 atom stereocenters. The van der Waals surface area contributed by atoms with Crippen LogP contribution in [0.1, 0.15) is 19.4 Å². The molecule has 0 fully saturated rings. The number of hydrogen-bond donors (Lipinski definition) is 1. The van der Waals surface area contributed by atoms with Crippen molar-refractivity contribution < 1.29 is 4.39 Å². The maximum Gasteiger partial charge on any atom is 0.124 e. The molecule has 0 bridgehead atoms. The first-order valence-electron chi connectivity index (χ1n) is 5.18. The van der Waals surface area contributed by atoms with Crippen LogP contribution in [-0.4, -0.2) is 6.54 Å². The predicted octanol–water partition coefficient (Wildman–Crippen LogP) is 3.36. The Morgan fingerprint density at radius 3 is 2.47 bits per heavy atom. The maximum atomic E-state index is 13.1. The standard InChI is InChI=1S/C12H17BrFN/c1-8(2)10(7-15)3-9-4-11(13)6-12(14)5-9/h4-6,8,10H,3,7,15H2,1-2H3. The Balaban J connectivity index is 2.79. The van der Waals surface area contributed by atoms with E-state index in [9.17, 15) is 4.39 Å². The third-order valence-corrected chi connectivity index (χ3v) is 3.12. The fraction of sp³-hybridized carbons (Fsp3) is 0.500. The number of rotatable bonds is 4. The molecule has 84 valence electrons. The quantitative estimate of drug-likeness (QED) is 0.895. The summed E-state index contributed by atoms with van der Waals surface area (Å²) in [6.07, 6.45) is 0.838. The molecule has 0 amide bonds. The van der Waals surface area contributed by atoms with E-state index in [-0.39, 0.29) is 5.82 Å². The SMILES string of the molecule is CC(C)C(CN)Cc1cc(F)cc(Br)c1. The molecule has 1 aromatic rings. The van der Waals surface area contributed by atoms with Crippen molar-refractivity contribution in [2.75, 3.05) is 6.54 Å². The van der Waals surface area contributed by atoms with Crippen molar-refractivity contribution in [3.05, 3.63) is 34.1 Å². The maximum absolute atomic E-state index is 13.1. The van der Waals surface area contributed by atoms with Gasteiger partial charge in [0.15, 0.2) is 0 Å². The highest BCUT2D eigenvalue weighted by molar-refractivity contribution is 9.10. The van der Waals surface area contributed by atoms with Gasteiger partial charge >= 0.3 is 0 Å². The van der Waals surface area contributed by atoms with E-state index in [1.165, 1.54) is 6.07 Å². The van der Waals surface area contributed by atoms with Crippen LogP contribution in [-0.2, 0) is 6.42 Å². The van der Waals surface area contributed by atoms with Gasteiger partial charge in [0.2, 0.25) is 0 Å². The van der Waals surface area contributed by atoms with Crippen LogP contribution >= 0.6 is 15.9 Å². The van der Waals surface area contributed by atoms with Crippen molar-refractivity contribution in [3.8, 4) is 0 Å². The highest BCUT2D eigenvalue weighted by Gasteiger charge is 2.12. The molecule has 15 heavy (non-hydrogen) atoms. The third kappa shape index (κ3) is 3.92. The molecule has 0 heterocycles. The normalized spacial score (nSPS) is 13.2. The largest absolute Gasteiger partial charge is 0.330 e. The van der Waals surface area contributed by atoms with Gasteiger partial charge in [0.25, 0.3) is 0 Å². The average molecular weight is 274 g/mol. The highest BCUT2D eigenvalue weighted by Crippen LogP contribution is 2.20. The van der Waals surface area contributed by atoms with Crippen molar-refractivity contribution in [1.29, 1.82) is 0 Å². The topological polar surface area (TPSA) is 26.0 Å². The van der Waals surface area contributed by atoms with Crippen LogP contribution < -0.4 is 5.73 Å². The molecule has 0 aromatic heterocycles. The lowest BCUT2D eigenvalue weighted by Crippen LogP contribution is -2.22. The zero-order valence-corrected chi connectivity index (χ0v) is 10.7. The molecule has 3 heteroatoms. The summed E-state index contributed by atoms with van der Waals surface area (Å²) in [7, 11) is 0. The molecule has 1 rings (SSSR count). The van der Waals surface area contributed by atoms with E-state index in [4.69, 9.17) is 5.73 Å². The van der Waals surface area contributed by atoms with Crippen LogP contribution in [0.4, 0.5) is 4.39 Å². The van der Waals surface area contributed by atoms with Crippen molar-refractivity contribution in [2.45, 2.75) is 20.3 Å². The van der Waals surface area contributed by atoms with E-state index in [1.807, 2.05) is 6.07 Å². The Hall–Kier alpha value is -0.410. The molecule has 0 aliphatic rings. The van der Waals surface area contributed by atoms with Crippen molar-refractivity contribution in [1.82, 2.24) is 0 Å². The van der Waals surface area contributed by atoms with Crippen molar-refractivity contribution >= 4 is 15.9 Å². The summed E-state index contributed by atoms with van der Waals surface area (Å²) < 4.78 is 13.9. The van der Waals surface area contributed by atoms with Gasteiger partial charge < -0.3 is 5.73 Å². The molecule has 2 N–H and O–H groups in total. The average Bonchev–Trinajstić information content (AvgIpc) is 2.12. The zero-order valence-electron chi connectivity index (χ0n) is 9.13. The third-order valence-electron chi connectivity index (χ3n) is 2.67. The van der Waals surface area contributed by atoms with Crippen LogP contribution in [0.25, 0.3) is 0 Å². The summed E-state index contributed by atoms with van der Waals surface area (Å²) in [5, 5.41) is 0. The van der Waals surface area contributed by atoms with Crippen LogP contribution in [0.3, 0.4) is 0 Å². The molecule has 0 spiro atoms. The first-order valence-corrected chi connectivity index (χ1v) is 5.97. The van der Waals surface area contributed by atoms with Crippen molar-refractivity contribution in [3.63, 3.8) is 0 Å². The lowest BCUT2D eigenvalue weighted by molar-refractivity contribution is 0.391. The van der Waals surface area contributed by atoms with Gasteiger partial charge in [-0.25, -0.2) is 4.39 Å². The summed E-state index contributed by atoms with van der Waals surface area (Å²) in [5.74, 6) is 0.745. The molecular formula is C12H17BrFN. The minimum Gasteiger partial charge on any atom is -0.330 e. The van der Waals surface area contributed by atoms with E-state index in [2.05, 4.69) is 29.8 Å². The van der Waals surface area contributed by atoms with E-state index in [0.29, 0.717) is 18.4 Å². The Kier molecular flexibility index (Phi) is 4.74. The molecule has 0 saturated heterocycles. The summed E-state index contributed by atoms with van der Waals surface area (Å²) >= 11 is 3.29. The van der Waals surface area contributed by atoms with Gasteiger partial charge in [-0.3, -0.25) is 0 Å². The number of halogens is 2. The van der Waals surface area contributed by atoms with Crippen LogP contribution in [0.15, 0.2) is 22.7 Å². The monoisotopic (exact) mass is 273 g/mol. The molecular weight excluding hydrogens is 257 g/mol. The molecule has 0 aliphatic heterocycles. The molecule has 0 radical (unpaired) electrons. The van der Waals surface area contributed by atoms with Gasteiger partial charge in [-0.15, -0.1) is 0 Å². The molecule has 1 aromatic carbocycles. The smallest absolute Gasteiger partial charge is 0.124 e. The Morgan fingerprint density at radius 1 is 1.33 bits per heavy atom. The summed E-state index contributed by atoms with van der Waals surface area (Å²) in [6, 6.07) is 5.00. The summed E-state index contributed by atoms with van der Waals surface area (Å²) in [4.78, 5) is 0. The van der Waals surface area contributed by atoms with E-state index in [1.54, 1.807) is 6.07 Å². The minimum absolute atomic E-state index is 0.195. The predicted molar refractivity (Wildman–Crippen MR) is 65.2 cm³/mol. The first kappa shape index (κ1) is 12.7. The van der Waals surface area contributed by atoms with E-state index < -0.39 is 0 Å². The fourth-order valence-electron chi connectivity index (χ4n) is 1.62. The fourth-order valence-corrected chi connectivity index (χ4v) is 2.14. The minimum atomic E-state index is -0.195. The van der Waals surface area contributed by atoms with Crippen molar-refractivity contribution in [2.24, 2.45) is 17.6 Å². The van der Waals surface area contributed by atoms with Gasteiger partial charge in [0.1, 0.15) is 5.82 Å². The molecule has 0 saturated carbocycles. The van der Waals surface area contributed by atoms with Gasteiger partial charge in [-0.05, 0) is 48.6 Å². The Bertz CT molecular complexity index is 305. The van der Waals surface area contributed by atoms with E-state index in [0.717, 1.165) is 16.5 Å². The lowest BCUT2D eigenvalue weighted by atomic mass is 9.89. The van der Waals surface area contributed by atoms with Gasteiger partial charge in [-0.1, -0.05) is 29.8 Å². The molecule has 1 unspecified atom stereocenters. The van der Waals surface area contributed by atoms with Gasteiger partial charge in [-0.2, -0.15) is 0 Å². The second-order valence-corrected chi connectivity index (χ2v) is 5.14. The Morgan fingerprint density at radius 2 is 2.00 bits per heavy atom. The summed E-state index contributed by atoms with van der Waals surface area (Å²) in [5.41, 5.74) is 6.70. The second kappa shape index (κ2) is 5.61. The lowest BCUT2D eigenvalue weighted by Gasteiger charge is -2.18. The van der Waals surface area contributed by atoms with Crippen LogP contribution in [0.5, 0.6) is 0 Å². The number of benzene rings is 1. The van der Waals surface area contributed by atoms with Crippen LogP contribution in [0, 0.1) is 17.7 Å². The zero-order chi connectivity index (χ0) is 11.4. The Labute approximate surface area is 99.0 Å². The number of nitrogens with two attached hydrogens (primary N) is 1. The van der Waals surface area contributed by atoms with E-state index >= 15 is 0 Å². The second-order valence-electron chi connectivity index (χ2n) is 4.22. The number of hydrogen-bond acceptors (Lipinski definition) is 1. The molecule has 1 nitrogen and oxygen atoms in total. The van der Waals surface area contributed by atoms with Crippen LogP contribution in [0.2, 0.25) is 0 Å².